The van der Waals surface area contributed by atoms with Gasteiger partial charge in [0, 0.05) is 43.7 Å². The van der Waals surface area contributed by atoms with E-state index in [1.54, 1.807) is 0 Å². The molecule has 266 valence electrons. The molecule has 0 N–H and O–H groups in total. The van der Waals surface area contributed by atoms with Crippen LogP contribution in [0.4, 0.5) is 0 Å². The molecule has 0 amide bonds. The number of aromatic nitrogens is 2. The molecule has 0 unspecified atom stereocenters. The maximum absolute atomic E-state index is 6.24. The van der Waals surface area contributed by atoms with Gasteiger partial charge in [0.05, 0.1) is 22.1 Å². The van der Waals surface area contributed by atoms with E-state index in [1.165, 1.54) is 71.4 Å². The summed E-state index contributed by atoms with van der Waals surface area (Å²) in [6.45, 7) is 0. The lowest BCUT2D eigenvalue weighted by molar-refractivity contribution is 0.669. The van der Waals surface area contributed by atoms with Gasteiger partial charge in [0.25, 0.3) is 0 Å². The van der Waals surface area contributed by atoms with E-state index in [-0.39, 0.29) is 0 Å². The number of nitrogens with zero attached hydrogens (tertiary/aromatic N) is 2. The van der Waals surface area contributed by atoms with Crippen LogP contribution < -0.4 is 0 Å². The van der Waals surface area contributed by atoms with Gasteiger partial charge in [-0.15, -0.1) is 0 Å². The molecule has 3 heterocycles. The molecule has 3 aromatic heterocycles. The highest BCUT2D eigenvalue weighted by Crippen LogP contribution is 2.44. The first-order valence-corrected chi connectivity index (χ1v) is 19.5. The fraction of sp³-hybridized carbons (Fsp3) is 0. The Bertz CT molecular complexity index is 3440. The molecule has 12 rings (SSSR count). The Balaban J connectivity index is 1.08. The summed E-state index contributed by atoms with van der Waals surface area (Å²) in [5.41, 5.74) is 15.9. The Hall–Kier alpha value is -7.62. The van der Waals surface area contributed by atoms with Crippen molar-refractivity contribution in [3.63, 3.8) is 0 Å². The van der Waals surface area contributed by atoms with Crippen LogP contribution in [0, 0.1) is 0 Å². The van der Waals surface area contributed by atoms with Crippen LogP contribution in [0.25, 0.3) is 110 Å². The quantitative estimate of drug-likeness (QED) is 0.173. The van der Waals surface area contributed by atoms with Crippen molar-refractivity contribution in [2.24, 2.45) is 0 Å². The number of fused-ring (bicyclic) bond motifs is 10. The molecule has 3 heteroatoms. The second kappa shape index (κ2) is 12.5. The lowest BCUT2D eigenvalue weighted by Gasteiger charge is -2.14. The van der Waals surface area contributed by atoms with E-state index >= 15 is 0 Å². The van der Waals surface area contributed by atoms with Gasteiger partial charge in [-0.2, -0.15) is 0 Å². The van der Waals surface area contributed by atoms with Gasteiger partial charge in [0.2, 0.25) is 0 Å². The van der Waals surface area contributed by atoms with Gasteiger partial charge in [-0.05, 0) is 100 Å². The van der Waals surface area contributed by atoms with E-state index in [1.807, 2.05) is 12.1 Å². The maximum Gasteiger partial charge on any atom is 0.136 e. The van der Waals surface area contributed by atoms with Gasteiger partial charge in [-0.3, -0.25) is 0 Å². The van der Waals surface area contributed by atoms with Crippen LogP contribution in [-0.2, 0) is 0 Å². The zero-order chi connectivity index (χ0) is 37.5. The minimum absolute atomic E-state index is 0.909. The van der Waals surface area contributed by atoms with E-state index in [0.29, 0.717) is 0 Å². The SMILES string of the molecule is c1ccc(-c2cc(-c3ccccc3)cc(-n3c4ccccc4c4c5c6ccccc6n(-c6ccc(-c7cccc8oc9ccccc9c78)cc6)c5ccc43)c2)cc1. The second-order valence-corrected chi connectivity index (χ2v) is 14.9. The van der Waals surface area contributed by atoms with E-state index in [2.05, 4.69) is 203 Å². The minimum Gasteiger partial charge on any atom is -0.456 e. The Morgan fingerprint density at radius 1 is 0.281 bits per heavy atom. The molecule has 57 heavy (non-hydrogen) atoms. The van der Waals surface area contributed by atoms with E-state index in [4.69, 9.17) is 4.42 Å². The van der Waals surface area contributed by atoms with Crippen molar-refractivity contribution in [2.75, 3.05) is 0 Å². The number of hydrogen-bond donors (Lipinski definition) is 0. The summed E-state index contributed by atoms with van der Waals surface area (Å²) in [5.74, 6) is 0. The number of furan rings is 1. The summed E-state index contributed by atoms with van der Waals surface area (Å²) in [5, 5.41) is 7.30. The van der Waals surface area contributed by atoms with Crippen LogP contribution in [0.5, 0.6) is 0 Å². The fourth-order valence-corrected chi connectivity index (χ4v) is 9.21. The van der Waals surface area contributed by atoms with Crippen molar-refractivity contribution < 1.29 is 4.42 Å². The van der Waals surface area contributed by atoms with Crippen LogP contribution in [-0.4, -0.2) is 9.13 Å². The zero-order valence-corrected chi connectivity index (χ0v) is 30.9. The minimum atomic E-state index is 0.909. The highest BCUT2D eigenvalue weighted by Gasteiger charge is 2.21. The lowest BCUT2D eigenvalue weighted by atomic mass is 9.98. The molecule has 0 spiro atoms. The number of hydrogen-bond acceptors (Lipinski definition) is 1. The van der Waals surface area contributed by atoms with Crippen LogP contribution in [0.3, 0.4) is 0 Å². The lowest BCUT2D eigenvalue weighted by Crippen LogP contribution is -1.96. The van der Waals surface area contributed by atoms with Crippen molar-refractivity contribution in [1.82, 2.24) is 9.13 Å². The van der Waals surface area contributed by atoms with E-state index in [9.17, 15) is 0 Å². The van der Waals surface area contributed by atoms with Gasteiger partial charge in [0.15, 0.2) is 0 Å². The molecular formula is C54H34N2O. The average Bonchev–Trinajstić information content (AvgIpc) is 3.95. The van der Waals surface area contributed by atoms with Gasteiger partial charge in [0.1, 0.15) is 11.2 Å². The fourth-order valence-electron chi connectivity index (χ4n) is 9.21. The molecule has 0 aliphatic rings. The molecule has 0 atom stereocenters. The van der Waals surface area contributed by atoms with Crippen molar-refractivity contribution >= 4 is 65.6 Å². The van der Waals surface area contributed by atoms with Crippen LogP contribution in [0.15, 0.2) is 211 Å². The molecule has 0 saturated heterocycles. The number of para-hydroxylation sites is 3. The van der Waals surface area contributed by atoms with Gasteiger partial charge < -0.3 is 13.6 Å². The second-order valence-electron chi connectivity index (χ2n) is 14.9. The maximum atomic E-state index is 6.24. The number of benzene rings is 9. The normalized spacial score (nSPS) is 11.9. The van der Waals surface area contributed by atoms with Gasteiger partial charge in [-0.1, -0.05) is 140 Å². The summed E-state index contributed by atoms with van der Waals surface area (Å²) >= 11 is 0. The largest absolute Gasteiger partial charge is 0.456 e. The third-order valence-electron chi connectivity index (χ3n) is 11.7. The van der Waals surface area contributed by atoms with Crippen LogP contribution in [0.2, 0.25) is 0 Å². The zero-order valence-electron chi connectivity index (χ0n) is 30.9. The highest BCUT2D eigenvalue weighted by atomic mass is 16.3. The summed E-state index contributed by atoms with van der Waals surface area (Å²) in [4.78, 5) is 0. The third-order valence-corrected chi connectivity index (χ3v) is 11.7. The van der Waals surface area contributed by atoms with Crippen molar-refractivity contribution in [3.05, 3.63) is 206 Å². The molecule has 0 bridgehead atoms. The topological polar surface area (TPSA) is 23.0 Å². The Morgan fingerprint density at radius 3 is 1.40 bits per heavy atom. The first-order valence-electron chi connectivity index (χ1n) is 19.5. The smallest absolute Gasteiger partial charge is 0.136 e. The highest BCUT2D eigenvalue weighted by molar-refractivity contribution is 6.29. The summed E-state index contributed by atoms with van der Waals surface area (Å²) in [7, 11) is 0. The molecule has 3 nitrogen and oxygen atoms in total. The monoisotopic (exact) mass is 726 g/mol. The summed E-state index contributed by atoms with van der Waals surface area (Å²) in [6, 6.07) is 74.5. The third kappa shape index (κ3) is 4.86. The Kier molecular flexibility index (Phi) is 6.93. The average molecular weight is 727 g/mol. The molecule has 0 aliphatic heterocycles. The van der Waals surface area contributed by atoms with Crippen LogP contribution in [0.1, 0.15) is 0 Å². The molecular weight excluding hydrogens is 693 g/mol. The molecule has 0 aliphatic carbocycles. The van der Waals surface area contributed by atoms with Crippen molar-refractivity contribution in [1.29, 1.82) is 0 Å². The standard InChI is InChI=1S/C54H34N2O/c1-3-14-35(15-4-1)38-32-39(36-16-5-2-6-17-36)34-41(33-38)56-47-23-11-8-19-44(47)54-49(56)31-30-48-53(54)43-18-7-10-22-46(43)55(48)40-28-26-37(27-29-40)42-21-13-25-51-52(42)45-20-9-12-24-50(45)57-51/h1-34H. The first-order chi connectivity index (χ1) is 28.3. The molecule has 0 radical (unpaired) electrons. The van der Waals surface area contributed by atoms with E-state index < -0.39 is 0 Å². The van der Waals surface area contributed by atoms with Gasteiger partial charge in [-0.25, -0.2) is 0 Å². The predicted molar refractivity (Wildman–Crippen MR) is 239 cm³/mol. The molecule has 9 aromatic carbocycles. The van der Waals surface area contributed by atoms with Crippen molar-refractivity contribution in [2.45, 2.75) is 0 Å². The van der Waals surface area contributed by atoms with Crippen LogP contribution >= 0.6 is 0 Å². The van der Waals surface area contributed by atoms with E-state index in [0.717, 1.165) is 38.9 Å². The Morgan fingerprint density at radius 2 is 0.789 bits per heavy atom. The first kappa shape index (κ1) is 31.7. The molecule has 0 fully saturated rings. The summed E-state index contributed by atoms with van der Waals surface area (Å²) < 4.78 is 11.1. The summed E-state index contributed by atoms with van der Waals surface area (Å²) in [6.07, 6.45) is 0. The molecule has 12 aromatic rings. The molecule has 0 saturated carbocycles. The number of rotatable bonds is 5. The van der Waals surface area contributed by atoms with Gasteiger partial charge >= 0.3 is 0 Å². The van der Waals surface area contributed by atoms with Crippen molar-refractivity contribution in [3.8, 4) is 44.8 Å². The predicted octanol–water partition coefficient (Wildman–Crippen LogP) is 14.8. The Labute approximate surface area is 328 Å².